The summed E-state index contributed by atoms with van der Waals surface area (Å²) in [4.78, 5) is 33.2. The summed E-state index contributed by atoms with van der Waals surface area (Å²) in [6.07, 6.45) is 8.11. The van der Waals surface area contributed by atoms with Crippen molar-refractivity contribution in [1.29, 1.82) is 0 Å². The van der Waals surface area contributed by atoms with Gasteiger partial charge in [-0.1, -0.05) is 17.8 Å². The Labute approximate surface area is 184 Å². The average Bonchev–Trinajstić information content (AvgIpc) is 3.27. The number of benzene rings is 1. The third kappa shape index (κ3) is 5.10. The second-order valence-corrected chi connectivity index (χ2v) is 8.25. The van der Waals surface area contributed by atoms with E-state index in [1.54, 1.807) is 42.9 Å². The highest BCUT2D eigenvalue weighted by Gasteiger charge is 2.21. The molecule has 0 radical (unpaired) electrons. The molecule has 2 heterocycles. The molecule has 158 valence electrons. The lowest BCUT2D eigenvalue weighted by Gasteiger charge is -2.19. The molecule has 8 heteroatoms. The molecule has 1 atom stereocenters. The molecule has 3 aromatic rings. The van der Waals surface area contributed by atoms with Gasteiger partial charge in [0.25, 0.3) is 5.91 Å². The van der Waals surface area contributed by atoms with E-state index in [1.165, 1.54) is 22.9 Å². The van der Waals surface area contributed by atoms with Gasteiger partial charge in [0, 0.05) is 24.3 Å². The maximum atomic E-state index is 13.0. The number of aliphatic hydroxyl groups excluding tert-OH is 1. The minimum Gasteiger partial charge on any atom is -0.387 e. The third-order valence-electron chi connectivity index (χ3n) is 5.05. The number of hydrogen-bond acceptors (Lipinski definition) is 6. The van der Waals surface area contributed by atoms with E-state index in [9.17, 15) is 9.59 Å². The summed E-state index contributed by atoms with van der Waals surface area (Å²) in [5, 5.41) is 14.8. The zero-order valence-corrected chi connectivity index (χ0v) is 17.6. The molecule has 1 unspecified atom stereocenters. The van der Waals surface area contributed by atoms with Crippen molar-refractivity contribution in [2.75, 3.05) is 11.9 Å². The Bertz CT molecular complexity index is 1090. The Morgan fingerprint density at radius 2 is 1.87 bits per heavy atom. The molecule has 31 heavy (non-hydrogen) atoms. The van der Waals surface area contributed by atoms with Crippen LogP contribution in [0.4, 0.5) is 5.69 Å². The maximum Gasteiger partial charge on any atom is 0.258 e. The van der Waals surface area contributed by atoms with Gasteiger partial charge < -0.3 is 15.7 Å². The highest BCUT2D eigenvalue weighted by Crippen LogP contribution is 2.34. The van der Waals surface area contributed by atoms with Crippen molar-refractivity contribution in [1.82, 2.24) is 15.3 Å². The largest absolute Gasteiger partial charge is 0.387 e. The van der Waals surface area contributed by atoms with E-state index in [-0.39, 0.29) is 5.91 Å². The van der Waals surface area contributed by atoms with Gasteiger partial charge in [-0.25, -0.2) is 4.98 Å². The minimum absolute atomic E-state index is 0.268. The van der Waals surface area contributed by atoms with Crippen molar-refractivity contribution in [2.24, 2.45) is 0 Å². The molecule has 2 aromatic heterocycles. The van der Waals surface area contributed by atoms with Gasteiger partial charge >= 0.3 is 0 Å². The smallest absolute Gasteiger partial charge is 0.258 e. The Hall–Kier alpha value is -3.23. The summed E-state index contributed by atoms with van der Waals surface area (Å²) < 4.78 is 0. The van der Waals surface area contributed by atoms with Gasteiger partial charge in [0.2, 0.25) is 5.91 Å². The molecule has 1 aliphatic carbocycles. The van der Waals surface area contributed by atoms with Crippen molar-refractivity contribution >= 4 is 29.3 Å². The molecule has 0 spiro atoms. The highest BCUT2D eigenvalue weighted by molar-refractivity contribution is 7.99. The molecule has 4 rings (SSSR count). The van der Waals surface area contributed by atoms with Crippen LogP contribution in [0.25, 0.3) is 0 Å². The summed E-state index contributed by atoms with van der Waals surface area (Å²) in [7, 11) is 0. The van der Waals surface area contributed by atoms with Crippen LogP contribution in [0.15, 0.2) is 66.1 Å². The highest BCUT2D eigenvalue weighted by atomic mass is 32.2. The number of rotatable bonds is 7. The van der Waals surface area contributed by atoms with Gasteiger partial charge in [-0.05, 0) is 72.4 Å². The number of pyridine rings is 2. The second-order valence-electron chi connectivity index (χ2n) is 7.15. The lowest BCUT2D eigenvalue weighted by atomic mass is 10.1. The van der Waals surface area contributed by atoms with E-state index in [0.29, 0.717) is 10.6 Å². The first-order valence-corrected chi connectivity index (χ1v) is 10.9. The third-order valence-corrected chi connectivity index (χ3v) is 6.22. The lowest BCUT2D eigenvalue weighted by Crippen LogP contribution is -2.29. The number of amides is 2. The lowest BCUT2D eigenvalue weighted by molar-refractivity contribution is -0.124. The van der Waals surface area contributed by atoms with E-state index in [0.717, 1.165) is 30.5 Å². The van der Waals surface area contributed by atoms with Crippen LogP contribution in [0.3, 0.4) is 0 Å². The van der Waals surface area contributed by atoms with Gasteiger partial charge in [0.1, 0.15) is 17.0 Å². The quantitative estimate of drug-likeness (QED) is 0.390. The van der Waals surface area contributed by atoms with Gasteiger partial charge in [-0.3, -0.25) is 14.6 Å². The Balaban J connectivity index is 1.56. The first-order valence-electron chi connectivity index (χ1n) is 9.99. The number of aliphatic hydroxyl groups is 1. The predicted octanol–water partition coefficient (Wildman–Crippen LogP) is 3.12. The van der Waals surface area contributed by atoms with E-state index < -0.39 is 17.9 Å². The fraction of sp³-hybridized carbons (Fsp3) is 0.217. The number of anilines is 1. The molecule has 0 saturated carbocycles. The second kappa shape index (κ2) is 9.72. The van der Waals surface area contributed by atoms with E-state index in [2.05, 4.69) is 26.7 Å². The normalized spacial score (nSPS) is 13.3. The van der Waals surface area contributed by atoms with Gasteiger partial charge in [-0.15, -0.1) is 0 Å². The minimum atomic E-state index is -0.629. The summed E-state index contributed by atoms with van der Waals surface area (Å²) in [6, 6.07) is 13.0. The summed E-state index contributed by atoms with van der Waals surface area (Å²) >= 11 is 1.23. The van der Waals surface area contributed by atoms with Gasteiger partial charge in [0.05, 0.1) is 5.56 Å². The average molecular weight is 435 g/mol. The Kier molecular flexibility index (Phi) is 6.59. The van der Waals surface area contributed by atoms with E-state index in [4.69, 9.17) is 5.11 Å². The van der Waals surface area contributed by atoms with Crippen LogP contribution in [0.5, 0.6) is 0 Å². The van der Waals surface area contributed by atoms with Gasteiger partial charge in [-0.2, -0.15) is 0 Å². The summed E-state index contributed by atoms with van der Waals surface area (Å²) in [6.45, 7) is -0.629. The molecule has 7 nitrogen and oxygen atoms in total. The number of carbonyl (C=O) groups is 2. The van der Waals surface area contributed by atoms with Crippen LogP contribution in [-0.4, -0.2) is 33.5 Å². The number of carbonyl (C=O) groups excluding carboxylic acids is 2. The molecular weight excluding hydrogens is 412 g/mol. The standard InChI is InChI=1S/C23H22N4O3S/c28-14-20(29)27-22(16-8-11-24-12-9-16)31-23-19(5-2-10-25-23)21(30)26-18-7-6-15-3-1-4-17(15)13-18/h2,5-13,22,28H,1,3-4,14H2,(H,26,30)(H,27,29). The monoisotopic (exact) mass is 434 g/mol. The molecule has 0 bridgehead atoms. The van der Waals surface area contributed by atoms with Crippen molar-refractivity contribution in [3.63, 3.8) is 0 Å². The Morgan fingerprint density at radius 1 is 1.06 bits per heavy atom. The maximum absolute atomic E-state index is 13.0. The molecule has 0 fully saturated rings. The number of nitrogens with one attached hydrogen (secondary N) is 2. The molecule has 1 aliphatic rings. The first kappa shape index (κ1) is 21.0. The number of fused-ring (bicyclic) bond motifs is 1. The van der Waals surface area contributed by atoms with Crippen molar-refractivity contribution in [2.45, 2.75) is 29.7 Å². The van der Waals surface area contributed by atoms with Crippen molar-refractivity contribution < 1.29 is 14.7 Å². The van der Waals surface area contributed by atoms with E-state index >= 15 is 0 Å². The molecule has 3 N–H and O–H groups in total. The van der Waals surface area contributed by atoms with Crippen LogP contribution < -0.4 is 10.6 Å². The number of hydrogen-bond donors (Lipinski definition) is 3. The molecular formula is C23H22N4O3S. The van der Waals surface area contributed by atoms with E-state index in [1.807, 2.05) is 12.1 Å². The summed E-state index contributed by atoms with van der Waals surface area (Å²) in [5.74, 6) is -0.787. The number of aryl methyl sites for hydroxylation is 2. The van der Waals surface area contributed by atoms with Crippen molar-refractivity contribution in [3.05, 3.63) is 83.3 Å². The van der Waals surface area contributed by atoms with Gasteiger partial charge in [0.15, 0.2) is 0 Å². The zero-order valence-electron chi connectivity index (χ0n) is 16.7. The molecule has 0 aliphatic heterocycles. The number of thioether (sulfide) groups is 1. The van der Waals surface area contributed by atoms with Crippen LogP contribution in [-0.2, 0) is 17.6 Å². The van der Waals surface area contributed by atoms with Crippen LogP contribution in [0.1, 0.15) is 38.8 Å². The van der Waals surface area contributed by atoms with Crippen LogP contribution in [0.2, 0.25) is 0 Å². The zero-order chi connectivity index (χ0) is 21.6. The first-order chi connectivity index (χ1) is 15.1. The molecule has 2 amide bonds. The molecule has 0 saturated heterocycles. The topological polar surface area (TPSA) is 104 Å². The fourth-order valence-electron chi connectivity index (χ4n) is 3.53. The summed E-state index contributed by atoms with van der Waals surface area (Å²) in [5.41, 5.74) is 4.56. The molecule has 1 aromatic carbocycles. The number of aromatic nitrogens is 2. The van der Waals surface area contributed by atoms with Crippen LogP contribution >= 0.6 is 11.8 Å². The van der Waals surface area contributed by atoms with Crippen LogP contribution in [0, 0.1) is 0 Å². The number of nitrogens with zero attached hydrogens (tertiary/aromatic N) is 2. The van der Waals surface area contributed by atoms with Crippen molar-refractivity contribution in [3.8, 4) is 0 Å². The fourth-order valence-corrected chi connectivity index (χ4v) is 4.64. The predicted molar refractivity (Wildman–Crippen MR) is 119 cm³/mol. The Morgan fingerprint density at radius 3 is 2.68 bits per heavy atom. The SMILES string of the molecule is O=C(CO)NC(Sc1ncccc1C(=O)Nc1ccc2c(c1)CCC2)c1ccncc1.